The van der Waals surface area contributed by atoms with Crippen LogP contribution in [-0.4, -0.2) is 180 Å². The van der Waals surface area contributed by atoms with Crippen molar-refractivity contribution >= 4 is 66.6 Å². The molecule has 0 bridgehead atoms. The van der Waals surface area contributed by atoms with Crippen molar-refractivity contribution in [3.8, 4) is 17.2 Å². The fraction of sp³-hybridized carbons (Fsp3) is 0.385. The average Bonchev–Trinajstić information content (AvgIpc) is 0.841. The van der Waals surface area contributed by atoms with Crippen LogP contribution in [0.2, 0.25) is 0 Å². The molecule has 22 heteroatoms. The SMILES string of the molecule is CCC(=O)N(c1ccccc1)C1CCN(CCc2cccc(C)c2)CC1.CCC(=O)N(c1ccccc1)C1CCN(CCc2cccc(O)c2)CC1.CCC(=O)N(c1ccccc1)C1CCN(CCc2cccc(O)c2)CC1.CCC(=O)N(c1ccccc1)C1CCN(CCc2cccc(OS(=O)(=O)c3ccc(C)cc3)c2)CC1.COS(=O)(=O)c1ccc(C)cc1. The van der Waals surface area contributed by atoms with Gasteiger partial charge in [0.1, 0.15) is 22.1 Å². The van der Waals surface area contributed by atoms with E-state index in [2.05, 4.69) is 79.2 Å². The largest absolute Gasteiger partial charge is 0.508 e. The molecule has 126 heavy (non-hydrogen) atoms. The number of anilines is 4. The van der Waals surface area contributed by atoms with Crippen molar-refractivity contribution in [3.63, 3.8) is 0 Å². The van der Waals surface area contributed by atoms with E-state index in [-0.39, 0.29) is 51.5 Å². The Kier molecular flexibility index (Phi) is 38.6. The molecule has 670 valence electrons. The van der Waals surface area contributed by atoms with E-state index in [0.29, 0.717) is 49.0 Å². The van der Waals surface area contributed by atoms with Gasteiger partial charge in [0.05, 0.1) is 12.0 Å². The first-order valence-corrected chi connectivity index (χ1v) is 47.7. The number of aromatic hydroxyl groups is 2. The topological polar surface area (TPSA) is 221 Å². The van der Waals surface area contributed by atoms with Gasteiger partial charge in [0.2, 0.25) is 23.6 Å². The van der Waals surface area contributed by atoms with Gasteiger partial charge >= 0.3 is 10.1 Å². The Morgan fingerprint density at radius 1 is 0.317 bits per heavy atom. The Balaban J connectivity index is 0.000000169. The van der Waals surface area contributed by atoms with Crippen LogP contribution in [0, 0.1) is 20.8 Å². The number of hydrogen-bond donors (Lipinski definition) is 2. The zero-order chi connectivity index (χ0) is 89.8. The fourth-order valence-electron chi connectivity index (χ4n) is 16.7. The molecule has 4 saturated heterocycles. The number of phenolic OH excluding ortho intramolecular Hbond substituents is 2. The van der Waals surface area contributed by atoms with Crippen LogP contribution in [0.15, 0.2) is 277 Å². The molecule has 0 saturated carbocycles. The maximum atomic E-state index is 12.7. The molecule has 10 aromatic rings. The lowest BCUT2D eigenvalue weighted by Crippen LogP contribution is -2.47. The van der Waals surface area contributed by atoms with Crippen molar-refractivity contribution < 1.29 is 54.6 Å². The number of likely N-dealkylation sites (tertiary alicyclic amines) is 4. The fourth-order valence-corrected chi connectivity index (χ4v) is 18.3. The van der Waals surface area contributed by atoms with Crippen molar-refractivity contribution in [2.45, 2.75) is 185 Å². The summed E-state index contributed by atoms with van der Waals surface area (Å²) in [6, 6.07) is 85.5. The Labute approximate surface area is 749 Å². The van der Waals surface area contributed by atoms with Crippen LogP contribution >= 0.6 is 0 Å². The molecule has 4 heterocycles. The second kappa shape index (κ2) is 49.9. The lowest BCUT2D eigenvalue weighted by Gasteiger charge is -2.38. The Bertz CT molecular complexity index is 4900. The summed E-state index contributed by atoms with van der Waals surface area (Å²) in [5.41, 5.74) is 12.2. The zero-order valence-corrected chi connectivity index (χ0v) is 76.5. The summed E-state index contributed by atoms with van der Waals surface area (Å²) >= 11 is 0. The molecule has 0 aromatic heterocycles. The molecule has 0 unspecified atom stereocenters. The van der Waals surface area contributed by atoms with E-state index in [4.69, 9.17) is 4.18 Å². The van der Waals surface area contributed by atoms with Crippen molar-refractivity contribution in [2.75, 3.05) is 105 Å². The number of carbonyl (C=O) groups excluding carboxylic acids is 4. The van der Waals surface area contributed by atoms with Crippen LogP contribution in [-0.2, 0) is 69.3 Å². The van der Waals surface area contributed by atoms with E-state index in [0.717, 1.165) is 202 Å². The molecule has 4 aliphatic rings. The summed E-state index contributed by atoms with van der Waals surface area (Å²) in [5.74, 6) is 1.79. The highest BCUT2D eigenvalue weighted by atomic mass is 32.2. The molecule has 0 radical (unpaired) electrons. The van der Waals surface area contributed by atoms with E-state index in [1.165, 1.54) is 34.4 Å². The summed E-state index contributed by atoms with van der Waals surface area (Å²) < 4.78 is 57.2. The molecule has 0 spiro atoms. The van der Waals surface area contributed by atoms with Crippen LogP contribution in [0.4, 0.5) is 22.7 Å². The first-order chi connectivity index (χ1) is 60.9. The second-order valence-corrected chi connectivity index (χ2v) is 36.1. The Morgan fingerprint density at radius 3 is 0.849 bits per heavy atom. The number of benzene rings is 10. The number of rotatable bonds is 29. The van der Waals surface area contributed by atoms with E-state index in [1.54, 1.807) is 60.7 Å². The van der Waals surface area contributed by atoms with Crippen LogP contribution in [0.25, 0.3) is 0 Å². The van der Waals surface area contributed by atoms with Gasteiger partial charge in [-0.1, -0.05) is 202 Å². The molecule has 20 nitrogen and oxygen atoms in total. The van der Waals surface area contributed by atoms with Crippen LogP contribution in [0.3, 0.4) is 0 Å². The van der Waals surface area contributed by atoms with Crippen molar-refractivity contribution in [1.29, 1.82) is 0 Å². The Hall–Kier alpha value is -10.8. The van der Waals surface area contributed by atoms with Crippen LogP contribution < -0.4 is 23.8 Å². The number of phenols is 2. The van der Waals surface area contributed by atoms with E-state index in [9.17, 15) is 46.2 Å². The lowest BCUT2D eigenvalue weighted by molar-refractivity contribution is -0.119. The smallest absolute Gasteiger partial charge is 0.339 e. The van der Waals surface area contributed by atoms with Crippen LogP contribution in [0.5, 0.6) is 17.2 Å². The first kappa shape index (κ1) is 97.4. The summed E-state index contributed by atoms with van der Waals surface area (Å²) in [6.07, 6.45) is 13.9. The standard InChI is InChI=1S/C29H34N2O4S.C23H30N2O.2C22H28N2O2.C8H10O3S/c1-3-29(32)31(25-9-5-4-6-10-25)26-17-20-30(21-18-26)19-16-24-8-7-11-27(22-24)35-36(33,34)28-14-12-23(2)13-15-28;1-3-23(26)25(21-10-5-4-6-11-21)22-13-16-24(17-14-22)15-12-20-9-7-8-19(2)18-20;2*1-2-22(26)24(19-8-4-3-5-9-19)20-12-15-23(16-13-20)14-11-18-7-6-10-21(25)17-18;1-7-3-5-8(6-4-7)12(9,10)11-2/h4-15,22,26H,3,16-21H2,1-2H3;4-11,18,22H,3,12-17H2,1-2H3;2*3-10,17,20,25H,2,11-16H2,1H3;3-6H,1-2H3. The van der Waals surface area contributed by atoms with Crippen molar-refractivity contribution in [1.82, 2.24) is 19.6 Å². The van der Waals surface area contributed by atoms with Gasteiger partial charge < -0.3 is 53.6 Å². The van der Waals surface area contributed by atoms with Crippen molar-refractivity contribution in [2.24, 2.45) is 0 Å². The van der Waals surface area contributed by atoms with Gasteiger partial charge in [-0.05, 0) is 229 Å². The minimum Gasteiger partial charge on any atom is -0.508 e. The molecule has 0 aliphatic carbocycles. The van der Waals surface area contributed by atoms with Gasteiger partial charge in [-0.15, -0.1) is 0 Å². The van der Waals surface area contributed by atoms with Gasteiger partial charge in [-0.25, -0.2) is 0 Å². The van der Waals surface area contributed by atoms with E-state index in [1.807, 2.05) is 207 Å². The molecule has 4 fully saturated rings. The lowest BCUT2D eigenvalue weighted by atomic mass is 10.0. The van der Waals surface area contributed by atoms with Gasteiger partial charge in [0, 0.05) is 151 Å². The zero-order valence-electron chi connectivity index (χ0n) is 74.9. The summed E-state index contributed by atoms with van der Waals surface area (Å²) in [7, 11) is -6.24. The highest BCUT2D eigenvalue weighted by Gasteiger charge is 2.33. The third-order valence-electron chi connectivity index (χ3n) is 23.8. The molecule has 4 amide bonds. The average molecular weight is 1750 g/mol. The molecule has 4 aliphatic heterocycles. The van der Waals surface area contributed by atoms with Gasteiger partial charge in [0.15, 0.2) is 0 Å². The summed E-state index contributed by atoms with van der Waals surface area (Å²) in [6.45, 7) is 25.6. The van der Waals surface area contributed by atoms with Crippen LogP contribution in [0.1, 0.15) is 144 Å². The highest BCUT2D eigenvalue weighted by molar-refractivity contribution is 7.87. The minimum atomic E-state index is -3.87. The van der Waals surface area contributed by atoms with Gasteiger partial charge in [-0.2, -0.15) is 16.8 Å². The summed E-state index contributed by atoms with van der Waals surface area (Å²) in [4.78, 5) is 68.5. The van der Waals surface area contributed by atoms with Gasteiger partial charge in [-0.3, -0.25) is 23.4 Å². The van der Waals surface area contributed by atoms with E-state index >= 15 is 0 Å². The number of carbonyl (C=O) groups is 4. The normalized spacial score (nSPS) is 15.1. The quantitative estimate of drug-likeness (QED) is 0.0416. The second-order valence-electron chi connectivity index (χ2n) is 32.9. The summed E-state index contributed by atoms with van der Waals surface area (Å²) in [5, 5.41) is 19.2. The van der Waals surface area contributed by atoms with Crippen molar-refractivity contribution in [3.05, 3.63) is 306 Å². The molecule has 14 rings (SSSR count). The predicted molar refractivity (Wildman–Crippen MR) is 508 cm³/mol. The first-order valence-electron chi connectivity index (χ1n) is 44.9. The molecular weight excluding hydrogens is 1620 g/mol. The van der Waals surface area contributed by atoms with Gasteiger partial charge in [0.25, 0.3) is 10.1 Å². The molecule has 2 N–H and O–H groups in total. The highest BCUT2D eigenvalue weighted by Crippen LogP contribution is 2.32. The maximum Gasteiger partial charge on any atom is 0.339 e. The number of hydrogen-bond acceptors (Lipinski definition) is 16. The third kappa shape index (κ3) is 30.2. The molecular formula is C104H130N8O12S2. The number of nitrogens with zero attached hydrogens (tertiary/aromatic N) is 8. The third-order valence-corrected chi connectivity index (χ3v) is 26.4. The molecule has 10 aromatic carbocycles. The predicted octanol–water partition coefficient (Wildman–Crippen LogP) is 18.7. The Morgan fingerprint density at radius 2 is 0.579 bits per heavy atom. The van der Waals surface area contributed by atoms with E-state index < -0.39 is 20.2 Å². The number of piperidine rings is 4. The maximum absolute atomic E-state index is 12.7. The number of para-hydroxylation sites is 4. The number of aryl methyl sites for hydroxylation is 3. The monoisotopic (exact) mass is 1750 g/mol. The molecule has 0 atom stereocenters. The number of amides is 4. The minimum absolute atomic E-state index is 0.146.